The van der Waals surface area contributed by atoms with E-state index in [0.29, 0.717) is 5.75 Å². The van der Waals surface area contributed by atoms with E-state index in [1.165, 1.54) is 7.11 Å². The van der Waals surface area contributed by atoms with E-state index in [1.54, 1.807) is 6.07 Å². The highest BCUT2D eigenvalue weighted by Crippen LogP contribution is 2.38. The molecule has 0 aliphatic heterocycles. The van der Waals surface area contributed by atoms with Gasteiger partial charge in [0.1, 0.15) is 0 Å². The lowest BCUT2D eigenvalue weighted by Gasteiger charge is -2.21. The molecule has 0 amide bonds. The molecule has 0 saturated carbocycles. The number of rotatable bonds is 1. The van der Waals surface area contributed by atoms with Crippen LogP contribution in [0.5, 0.6) is 11.5 Å². The topological polar surface area (TPSA) is 53.2 Å². The minimum absolute atomic E-state index is 0.0782. The number of benzene rings is 1. The molecular weight excluding hydrogens is 190 g/mol. The predicted molar refractivity (Wildman–Crippen MR) is 56.0 cm³/mol. The Labute approximate surface area is 88.9 Å². The van der Waals surface area contributed by atoms with Crippen LogP contribution in [-0.2, 0) is 6.42 Å². The summed E-state index contributed by atoms with van der Waals surface area (Å²) in [5.74, 6) is 0.538. The molecular formula is C12H13NO2. The normalized spacial score (nSPS) is 19.1. The molecule has 1 atom stereocenters. The second-order valence-electron chi connectivity index (χ2n) is 3.80. The number of ether oxygens (including phenoxy) is 1. The number of aryl methyl sites for hydroxylation is 1. The Balaban J connectivity index is 2.50. The van der Waals surface area contributed by atoms with Gasteiger partial charge < -0.3 is 9.84 Å². The van der Waals surface area contributed by atoms with E-state index in [0.717, 1.165) is 30.4 Å². The first-order valence-electron chi connectivity index (χ1n) is 5.05. The first-order chi connectivity index (χ1) is 7.26. The van der Waals surface area contributed by atoms with Gasteiger partial charge in [0, 0.05) is 0 Å². The second-order valence-corrected chi connectivity index (χ2v) is 3.80. The molecule has 1 N–H and O–H groups in total. The second kappa shape index (κ2) is 3.82. The van der Waals surface area contributed by atoms with Crippen molar-refractivity contribution < 1.29 is 9.84 Å². The molecule has 0 heterocycles. The van der Waals surface area contributed by atoms with Crippen LogP contribution in [0, 0.1) is 11.3 Å². The van der Waals surface area contributed by atoms with Crippen molar-refractivity contribution >= 4 is 0 Å². The Morgan fingerprint density at radius 3 is 3.00 bits per heavy atom. The largest absolute Gasteiger partial charge is 0.504 e. The van der Waals surface area contributed by atoms with Crippen LogP contribution in [0.1, 0.15) is 29.9 Å². The third kappa shape index (κ3) is 1.63. The van der Waals surface area contributed by atoms with E-state index < -0.39 is 0 Å². The van der Waals surface area contributed by atoms with Gasteiger partial charge in [0.15, 0.2) is 11.5 Å². The van der Waals surface area contributed by atoms with Crippen molar-refractivity contribution in [2.45, 2.75) is 25.2 Å². The van der Waals surface area contributed by atoms with Crippen molar-refractivity contribution in [1.82, 2.24) is 0 Å². The summed E-state index contributed by atoms with van der Waals surface area (Å²) in [7, 11) is 1.53. The molecule has 1 aromatic carbocycles. The smallest absolute Gasteiger partial charge is 0.160 e. The van der Waals surface area contributed by atoms with Crippen LogP contribution in [0.3, 0.4) is 0 Å². The molecule has 2 rings (SSSR count). The molecule has 15 heavy (non-hydrogen) atoms. The zero-order valence-electron chi connectivity index (χ0n) is 8.66. The number of nitriles is 1. The van der Waals surface area contributed by atoms with E-state index in [-0.39, 0.29) is 11.7 Å². The zero-order chi connectivity index (χ0) is 10.8. The maximum atomic E-state index is 9.65. The third-order valence-electron chi connectivity index (χ3n) is 2.91. The summed E-state index contributed by atoms with van der Waals surface area (Å²) in [5, 5.41) is 18.6. The number of hydrogen-bond donors (Lipinski definition) is 1. The van der Waals surface area contributed by atoms with Crippen molar-refractivity contribution in [2.75, 3.05) is 7.11 Å². The van der Waals surface area contributed by atoms with Gasteiger partial charge in [0.05, 0.1) is 19.1 Å². The number of fused-ring (bicyclic) bond motifs is 1. The summed E-state index contributed by atoms with van der Waals surface area (Å²) in [6.45, 7) is 0. The van der Waals surface area contributed by atoms with Crippen LogP contribution in [0.2, 0.25) is 0 Å². The highest BCUT2D eigenvalue weighted by atomic mass is 16.5. The molecule has 0 radical (unpaired) electrons. The maximum absolute atomic E-state index is 9.65. The fraction of sp³-hybridized carbons (Fsp3) is 0.417. The van der Waals surface area contributed by atoms with Crippen molar-refractivity contribution in [1.29, 1.82) is 5.26 Å². The van der Waals surface area contributed by atoms with Crippen LogP contribution in [-0.4, -0.2) is 12.2 Å². The van der Waals surface area contributed by atoms with Crippen LogP contribution in [0.15, 0.2) is 12.1 Å². The lowest BCUT2D eigenvalue weighted by atomic mass is 9.83. The average molecular weight is 203 g/mol. The van der Waals surface area contributed by atoms with Gasteiger partial charge in [0.2, 0.25) is 0 Å². The van der Waals surface area contributed by atoms with E-state index >= 15 is 0 Å². The van der Waals surface area contributed by atoms with Gasteiger partial charge >= 0.3 is 0 Å². The van der Waals surface area contributed by atoms with Gasteiger partial charge in [-0.25, -0.2) is 0 Å². The summed E-state index contributed by atoms with van der Waals surface area (Å²) >= 11 is 0. The lowest BCUT2D eigenvalue weighted by Crippen LogP contribution is -2.08. The Bertz CT molecular complexity index is 420. The van der Waals surface area contributed by atoms with Gasteiger partial charge in [0.25, 0.3) is 0 Å². The molecule has 78 valence electrons. The Kier molecular flexibility index (Phi) is 2.51. The van der Waals surface area contributed by atoms with Gasteiger partial charge in [-0.1, -0.05) is 0 Å². The monoisotopic (exact) mass is 203 g/mol. The quantitative estimate of drug-likeness (QED) is 0.762. The molecule has 0 aromatic heterocycles. The maximum Gasteiger partial charge on any atom is 0.160 e. The van der Waals surface area contributed by atoms with Crippen LogP contribution >= 0.6 is 0 Å². The van der Waals surface area contributed by atoms with Crippen LogP contribution in [0.25, 0.3) is 0 Å². The lowest BCUT2D eigenvalue weighted by molar-refractivity contribution is 0.371. The SMILES string of the molecule is COc1cc2c(cc1O)C(C#N)CCC2. The Morgan fingerprint density at radius 2 is 2.33 bits per heavy atom. The minimum atomic E-state index is -0.0782. The van der Waals surface area contributed by atoms with E-state index in [2.05, 4.69) is 6.07 Å². The Morgan fingerprint density at radius 1 is 1.53 bits per heavy atom. The zero-order valence-corrected chi connectivity index (χ0v) is 8.66. The van der Waals surface area contributed by atoms with Gasteiger partial charge in [-0.15, -0.1) is 0 Å². The standard InChI is InChI=1S/C12H13NO2/c1-15-12-5-8-3-2-4-9(7-13)10(8)6-11(12)14/h5-6,9,14H,2-4H2,1H3. The molecule has 0 saturated heterocycles. The highest BCUT2D eigenvalue weighted by Gasteiger charge is 2.21. The summed E-state index contributed by atoms with van der Waals surface area (Å²) in [4.78, 5) is 0. The average Bonchev–Trinajstić information content (AvgIpc) is 2.27. The molecule has 1 unspecified atom stereocenters. The number of methoxy groups -OCH3 is 1. The molecule has 0 spiro atoms. The number of phenolic OH excluding ortho intramolecular Hbond substituents is 1. The fourth-order valence-corrected chi connectivity index (χ4v) is 2.12. The predicted octanol–water partition coefficient (Wildman–Crippen LogP) is 2.34. The summed E-state index contributed by atoms with van der Waals surface area (Å²) in [6, 6.07) is 5.78. The molecule has 1 aliphatic carbocycles. The first-order valence-corrected chi connectivity index (χ1v) is 5.05. The summed E-state index contributed by atoms with van der Waals surface area (Å²) in [6.07, 6.45) is 2.87. The highest BCUT2D eigenvalue weighted by molar-refractivity contribution is 5.49. The molecule has 1 aliphatic rings. The fourth-order valence-electron chi connectivity index (χ4n) is 2.12. The van der Waals surface area contributed by atoms with Crippen LogP contribution in [0.4, 0.5) is 0 Å². The molecule has 3 heteroatoms. The molecule has 0 bridgehead atoms. The number of nitrogens with zero attached hydrogens (tertiary/aromatic N) is 1. The van der Waals surface area contributed by atoms with Crippen molar-refractivity contribution in [2.24, 2.45) is 0 Å². The summed E-state index contributed by atoms with van der Waals surface area (Å²) in [5.41, 5.74) is 2.09. The van der Waals surface area contributed by atoms with Crippen LogP contribution < -0.4 is 4.74 Å². The van der Waals surface area contributed by atoms with E-state index in [1.807, 2.05) is 6.07 Å². The first kappa shape index (κ1) is 9.85. The Hall–Kier alpha value is -1.69. The van der Waals surface area contributed by atoms with E-state index in [9.17, 15) is 5.11 Å². The van der Waals surface area contributed by atoms with Gasteiger partial charge in [-0.05, 0) is 42.5 Å². The number of hydrogen-bond acceptors (Lipinski definition) is 3. The number of aromatic hydroxyl groups is 1. The molecule has 1 aromatic rings. The van der Waals surface area contributed by atoms with E-state index in [4.69, 9.17) is 10.00 Å². The summed E-state index contributed by atoms with van der Waals surface area (Å²) < 4.78 is 5.05. The van der Waals surface area contributed by atoms with Gasteiger partial charge in [-0.3, -0.25) is 0 Å². The molecule has 3 nitrogen and oxygen atoms in total. The van der Waals surface area contributed by atoms with Crippen molar-refractivity contribution in [3.05, 3.63) is 23.3 Å². The molecule has 0 fully saturated rings. The third-order valence-corrected chi connectivity index (χ3v) is 2.91. The van der Waals surface area contributed by atoms with Gasteiger partial charge in [-0.2, -0.15) is 5.26 Å². The number of phenols is 1. The van der Waals surface area contributed by atoms with Crippen molar-refractivity contribution in [3.8, 4) is 17.6 Å². The minimum Gasteiger partial charge on any atom is -0.504 e. The van der Waals surface area contributed by atoms with Crippen molar-refractivity contribution in [3.63, 3.8) is 0 Å².